The minimum atomic E-state index is -0.677. The third-order valence-electron chi connectivity index (χ3n) is 4.89. The van der Waals surface area contributed by atoms with Crippen LogP contribution in [-0.4, -0.2) is 18.0 Å². The van der Waals surface area contributed by atoms with Gasteiger partial charge in [0, 0.05) is 5.56 Å². The fourth-order valence-electron chi connectivity index (χ4n) is 3.05. The van der Waals surface area contributed by atoms with Crippen molar-refractivity contribution < 1.29 is 18.7 Å². The van der Waals surface area contributed by atoms with E-state index in [0.29, 0.717) is 0 Å². The van der Waals surface area contributed by atoms with Crippen molar-refractivity contribution in [1.29, 1.82) is 0 Å². The first-order valence-corrected chi connectivity index (χ1v) is 9.66. The van der Waals surface area contributed by atoms with Crippen molar-refractivity contribution in [1.82, 2.24) is 10.6 Å². The van der Waals surface area contributed by atoms with Crippen LogP contribution < -0.4 is 10.6 Å². The van der Waals surface area contributed by atoms with E-state index in [1.807, 2.05) is 71.0 Å². The summed E-state index contributed by atoms with van der Waals surface area (Å²) in [6.45, 7) is 9.71. The number of amides is 2. The molecule has 0 spiro atoms. The molecule has 6 heteroatoms. The van der Waals surface area contributed by atoms with Gasteiger partial charge in [-0.05, 0) is 38.3 Å². The predicted molar refractivity (Wildman–Crippen MR) is 108 cm³/mol. The van der Waals surface area contributed by atoms with Crippen molar-refractivity contribution in [2.75, 3.05) is 0 Å². The van der Waals surface area contributed by atoms with Gasteiger partial charge in [-0.25, -0.2) is 4.79 Å². The van der Waals surface area contributed by atoms with E-state index in [2.05, 4.69) is 10.6 Å². The fraction of sp³-hybridized carbons (Fsp3) is 0.455. The summed E-state index contributed by atoms with van der Waals surface area (Å²) in [4.78, 5) is 25.1. The number of nitrogens with one attached hydrogen (secondary N) is 2. The van der Waals surface area contributed by atoms with Crippen LogP contribution in [0.15, 0.2) is 40.8 Å². The molecule has 0 aliphatic heterocycles. The number of benzene rings is 1. The molecule has 0 aliphatic carbocycles. The molecule has 0 bridgehead atoms. The number of ether oxygens (including phenoxy) is 1. The van der Waals surface area contributed by atoms with Gasteiger partial charge in [-0.3, -0.25) is 4.79 Å². The maximum Gasteiger partial charge on any atom is 0.408 e. The smallest absolute Gasteiger partial charge is 0.408 e. The molecule has 2 aromatic rings. The molecule has 0 saturated heterocycles. The highest BCUT2D eigenvalue weighted by atomic mass is 16.5. The fourth-order valence-corrected chi connectivity index (χ4v) is 3.05. The lowest BCUT2D eigenvalue weighted by molar-refractivity contribution is -0.124. The van der Waals surface area contributed by atoms with Crippen LogP contribution in [0.1, 0.15) is 55.9 Å². The highest BCUT2D eigenvalue weighted by Crippen LogP contribution is 2.21. The summed E-state index contributed by atoms with van der Waals surface area (Å²) in [5.41, 5.74) is 1.82. The largest absolute Gasteiger partial charge is 0.466 e. The van der Waals surface area contributed by atoms with E-state index < -0.39 is 12.1 Å². The molecule has 1 heterocycles. The second-order valence-corrected chi connectivity index (χ2v) is 7.17. The molecule has 1 aromatic heterocycles. The van der Waals surface area contributed by atoms with Crippen LogP contribution >= 0.6 is 0 Å². The Kier molecular flexibility index (Phi) is 7.67. The molecule has 2 rings (SSSR count). The second-order valence-electron chi connectivity index (χ2n) is 7.17. The van der Waals surface area contributed by atoms with Crippen LogP contribution in [0.3, 0.4) is 0 Å². The highest BCUT2D eigenvalue weighted by Gasteiger charge is 2.28. The zero-order valence-electron chi connectivity index (χ0n) is 17.2. The van der Waals surface area contributed by atoms with Crippen molar-refractivity contribution in [3.8, 4) is 0 Å². The van der Waals surface area contributed by atoms with Crippen LogP contribution in [0.25, 0.3) is 0 Å². The van der Waals surface area contributed by atoms with E-state index in [9.17, 15) is 9.59 Å². The van der Waals surface area contributed by atoms with Gasteiger partial charge in [0.25, 0.3) is 0 Å². The average molecular weight is 386 g/mol. The lowest BCUT2D eigenvalue weighted by Gasteiger charge is -2.25. The van der Waals surface area contributed by atoms with Gasteiger partial charge in [-0.1, -0.05) is 50.6 Å². The molecule has 0 saturated carbocycles. The molecule has 152 valence electrons. The molecule has 0 radical (unpaired) electrons. The van der Waals surface area contributed by atoms with Gasteiger partial charge in [0.05, 0.1) is 6.04 Å². The second kappa shape index (κ2) is 9.97. The summed E-state index contributed by atoms with van der Waals surface area (Å²) in [5.74, 6) is 1.30. The summed E-state index contributed by atoms with van der Waals surface area (Å²) >= 11 is 0. The number of aryl methyl sites for hydroxylation is 2. The quantitative estimate of drug-likeness (QED) is 0.704. The van der Waals surface area contributed by atoms with E-state index in [4.69, 9.17) is 9.15 Å². The molecule has 2 N–H and O–H groups in total. The highest BCUT2D eigenvalue weighted by molar-refractivity contribution is 5.86. The number of hydrogen-bond acceptors (Lipinski definition) is 4. The molecule has 0 aliphatic rings. The van der Waals surface area contributed by atoms with Crippen LogP contribution in [0.4, 0.5) is 4.79 Å². The third-order valence-corrected chi connectivity index (χ3v) is 4.89. The maximum atomic E-state index is 12.8. The van der Waals surface area contributed by atoms with Crippen molar-refractivity contribution >= 4 is 12.0 Å². The first kappa shape index (κ1) is 21.5. The Balaban J connectivity index is 1.98. The Hall–Kier alpha value is -2.76. The number of alkyl carbamates (subject to hydrolysis) is 1. The topological polar surface area (TPSA) is 80.6 Å². The lowest BCUT2D eigenvalue weighted by Crippen LogP contribution is -2.50. The van der Waals surface area contributed by atoms with Crippen molar-refractivity contribution in [2.45, 2.75) is 59.7 Å². The van der Waals surface area contributed by atoms with E-state index in [0.717, 1.165) is 29.1 Å². The molecule has 28 heavy (non-hydrogen) atoms. The van der Waals surface area contributed by atoms with Crippen LogP contribution in [-0.2, 0) is 16.1 Å². The van der Waals surface area contributed by atoms with Crippen LogP contribution in [0.2, 0.25) is 0 Å². The summed E-state index contributed by atoms with van der Waals surface area (Å²) in [5, 5.41) is 5.69. The molecule has 1 aromatic carbocycles. The third kappa shape index (κ3) is 5.87. The Bertz CT molecular complexity index is 785. The number of carbonyl (C=O) groups is 2. The van der Waals surface area contributed by atoms with Crippen molar-refractivity contribution in [2.24, 2.45) is 5.92 Å². The number of carbonyl (C=O) groups excluding carboxylic acids is 2. The monoisotopic (exact) mass is 386 g/mol. The van der Waals surface area contributed by atoms with Gasteiger partial charge in [-0.15, -0.1) is 0 Å². The maximum absolute atomic E-state index is 12.8. The Labute approximate surface area is 166 Å². The molecular weight excluding hydrogens is 356 g/mol. The molecule has 0 fully saturated rings. The SMILES string of the molecule is CC[C@H](C)[C@H](NC(=O)OCc1ccccc1)C(=O)NC(C)c1cc(C)oc1C. The zero-order chi connectivity index (χ0) is 20.7. The number of furan rings is 1. The Morgan fingerprint density at radius 1 is 1.11 bits per heavy atom. The van der Waals surface area contributed by atoms with Crippen LogP contribution in [0, 0.1) is 19.8 Å². The van der Waals surface area contributed by atoms with Crippen LogP contribution in [0.5, 0.6) is 0 Å². The van der Waals surface area contributed by atoms with E-state index in [-0.39, 0.29) is 24.5 Å². The van der Waals surface area contributed by atoms with Crippen molar-refractivity contribution in [3.63, 3.8) is 0 Å². The summed E-state index contributed by atoms with van der Waals surface area (Å²) in [6.07, 6.45) is 0.141. The minimum Gasteiger partial charge on any atom is -0.466 e. The van der Waals surface area contributed by atoms with E-state index >= 15 is 0 Å². The van der Waals surface area contributed by atoms with Gasteiger partial charge in [0.1, 0.15) is 24.2 Å². The summed E-state index contributed by atoms with van der Waals surface area (Å²) in [6, 6.07) is 10.4. The Morgan fingerprint density at radius 3 is 2.36 bits per heavy atom. The summed E-state index contributed by atoms with van der Waals surface area (Å²) < 4.78 is 10.8. The van der Waals surface area contributed by atoms with Gasteiger partial charge in [-0.2, -0.15) is 0 Å². The predicted octanol–water partition coefficient (Wildman–Crippen LogP) is 4.41. The molecule has 2 amide bonds. The van der Waals surface area contributed by atoms with Gasteiger partial charge < -0.3 is 19.8 Å². The summed E-state index contributed by atoms with van der Waals surface area (Å²) in [7, 11) is 0. The van der Waals surface area contributed by atoms with Crippen molar-refractivity contribution in [3.05, 3.63) is 59.0 Å². The molecule has 3 atom stereocenters. The number of hydrogen-bond donors (Lipinski definition) is 2. The molecule has 1 unspecified atom stereocenters. The first-order valence-electron chi connectivity index (χ1n) is 9.66. The standard InChI is InChI=1S/C22H30N2O4/c1-6-14(2)20(24-22(26)27-13-18-10-8-7-9-11-18)21(25)23-16(4)19-12-15(3)28-17(19)5/h7-12,14,16,20H,6,13H2,1-5H3,(H,23,25)(H,24,26)/t14-,16?,20-/m0/s1. The van der Waals surface area contributed by atoms with Gasteiger partial charge in [0.15, 0.2) is 0 Å². The molecular formula is C22H30N2O4. The molecule has 6 nitrogen and oxygen atoms in total. The Morgan fingerprint density at radius 2 is 1.79 bits per heavy atom. The van der Waals surface area contributed by atoms with E-state index in [1.165, 1.54) is 0 Å². The zero-order valence-corrected chi connectivity index (χ0v) is 17.2. The van der Waals surface area contributed by atoms with Gasteiger partial charge in [0.2, 0.25) is 5.91 Å². The average Bonchev–Trinajstić information content (AvgIpc) is 3.02. The normalized spacial score (nSPS) is 14.0. The minimum absolute atomic E-state index is 0.0383. The van der Waals surface area contributed by atoms with Gasteiger partial charge >= 0.3 is 6.09 Å². The van der Waals surface area contributed by atoms with E-state index in [1.54, 1.807) is 0 Å². The lowest BCUT2D eigenvalue weighted by atomic mass is 9.98. The first-order chi connectivity index (χ1) is 13.3. The number of rotatable bonds is 8.